The monoisotopic (exact) mass is 208 g/mol. The molecule has 0 radical (unpaired) electrons. The average molecular weight is 208 g/mol. The van der Waals surface area contributed by atoms with Gasteiger partial charge in [-0.15, -0.1) is 0 Å². The molecule has 0 aromatic carbocycles. The fourth-order valence-corrected chi connectivity index (χ4v) is 1.40. The zero-order chi connectivity index (χ0) is 11.3. The van der Waals surface area contributed by atoms with Crippen LogP contribution < -0.4 is 5.73 Å². The van der Waals surface area contributed by atoms with E-state index in [1.807, 2.05) is 13.0 Å². The summed E-state index contributed by atoms with van der Waals surface area (Å²) >= 11 is 0. The van der Waals surface area contributed by atoms with E-state index in [1.165, 1.54) is 0 Å². The van der Waals surface area contributed by atoms with Crippen LogP contribution in [-0.2, 0) is 11.2 Å². The number of nitrogens with zero attached hydrogens (tertiary/aromatic N) is 1. The van der Waals surface area contributed by atoms with E-state index in [2.05, 4.69) is 4.98 Å². The predicted octanol–water partition coefficient (Wildman–Crippen LogP) is 1.12. The van der Waals surface area contributed by atoms with Crippen LogP contribution in [-0.4, -0.2) is 22.1 Å². The molecule has 4 nitrogen and oxygen atoms in total. The average Bonchev–Trinajstić information content (AvgIpc) is 2.18. The van der Waals surface area contributed by atoms with E-state index in [0.717, 1.165) is 11.1 Å². The van der Waals surface area contributed by atoms with Gasteiger partial charge in [-0.1, -0.05) is 0 Å². The van der Waals surface area contributed by atoms with Crippen LogP contribution in [0.25, 0.3) is 0 Å². The second kappa shape index (κ2) is 5.46. The first-order valence-electron chi connectivity index (χ1n) is 4.96. The maximum atomic E-state index is 10.4. The van der Waals surface area contributed by atoms with Crippen molar-refractivity contribution in [3.05, 3.63) is 29.6 Å². The Labute approximate surface area is 89.1 Å². The summed E-state index contributed by atoms with van der Waals surface area (Å²) in [5, 5.41) is 8.52. The van der Waals surface area contributed by atoms with Crippen molar-refractivity contribution in [2.24, 2.45) is 5.73 Å². The Bertz CT molecular complexity index is 339. The van der Waals surface area contributed by atoms with E-state index in [1.54, 1.807) is 12.4 Å². The molecule has 1 rings (SSSR count). The van der Waals surface area contributed by atoms with Crippen molar-refractivity contribution in [2.75, 3.05) is 0 Å². The van der Waals surface area contributed by atoms with Crippen LogP contribution in [0, 0.1) is 6.92 Å². The van der Waals surface area contributed by atoms with E-state index in [9.17, 15) is 4.79 Å². The number of carbonyl (C=O) groups is 1. The van der Waals surface area contributed by atoms with Crippen LogP contribution in [0.3, 0.4) is 0 Å². The third kappa shape index (κ3) is 4.08. The highest BCUT2D eigenvalue weighted by Gasteiger charge is 2.08. The number of rotatable bonds is 5. The van der Waals surface area contributed by atoms with Gasteiger partial charge in [-0.3, -0.25) is 9.78 Å². The Hall–Kier alpha value is -1.42. The highest BCUT2D eigenvalue weighted by atomic mass is 16.4. The molecule has 82 valence electrons. The normalized spacial score (nSPS) is 12.4. The Morgan fingerprint density at radius 3 is 3.00 bits per heavy atom. The summed E-state index contributed by atoms with van der Waals surface area (Å²) in [4.78, 5) is 14.4. The third-order valence-corrected chi connectivity index (χ3v) is 2.36. The zero-order valence-corrected chi connectivity index (χ0v) is 8.81. The summed E-state index contributed by atoms with van der Waals surface area (Å²) in [6, 6.07) is 1.82. The van der Waals surface area contributed by atoms with Gasteiger partial charge >= 0.3 is 5.97 Å². The van der Waals surface area contributed by atoms with Crippen LogP contribution in [0.4, 0.5) is 0 Å². The number of aliphatic carboxylic acids is 1. The van der Waals surface area contributed by atoms with Crippen LogP contribution in [0.5, 0.6) is 0 Å². The molecule has 0 spiro atoms. The van der Waals surface area contributed by atoms with E-state index in [-0.39, 0.29) is 12.5 Å². The molecule has 0 aliphatic rings. The van der Waals surface area contributed by atoms with Crippen LogP contribution in [0.15, 0.2) is 18.5 Å². The standard InChI is InChI=1S/C11H16N2O2/c1-8-4-5-13-7-9(8)6-10(12)2-3-11(14)15/h4-5,7,10H,2-3,6,12H2,1H3,(H,14,15). The molecular weight excluding hydrogens is 192 g/mol. The summed E-state index contributed by atoms with van der Waals surface area (Å²) in [6.45, 7) is 2.00. The zero-order valence-electron chi connectivity index (χ0n) is 8.81. The van der Waals surface area contributed by atoms with E-state index in [0.29, 0.717) is 12.8 Å². The number of carboxylic acids is 1. The van der Waals surface area contributed by atoms with Gasteiger partial charge in [0.2, 0.25) is 0 Å². The van der Waals surface area contributed by atoms with Gasteiger partial charge in [-0.05, 0) is 37.0 Å². The Balaban J connectivity index is 2.47. The first-order chi connectivity index (χ1) is 7.09. The maximum Gasteiger partial charge on any atom is 0.303 e. The number of hydrogen-bond acceptors (Lipinski definition) is 3. The Morgan fingerprint density at radius 1 is 1.67 bits per heavy atom. The first-order valence-corrected chi connectivity index (χ1v) is 4.96. The molecule has 1 aromatic rings. The highest BCUT2D eigenvalue weighted by Crippen LogP contribution is 2.09. The quantitative estimate of drug-likeness (QED) is 0.760. The van der Waals surface area contributed by atoms with Crippen molar-refractivity contribution < 1.29 is 9.90 Å². The number of hydrogen-bond donors (Lipinski definition) is 2. The van der Waals surface area contributed by atoms with Gasteiger partial charge < -0.3 is 10.8 Å². The van der Waals surface area contributed by atoms with Gasteiger partial charge in [0.1, 0.15) is 0 Å². The lowest BCUT2D eigenvalue weighted by Gasteiger charge is -2.11. The molecule has 0 aliphatic carbocycles. The number of nitrogens with two attached hydrogens (primary N) is 1. The van der Waals surface area contributed by atoms with Crippen molar-refractivity contribution in [1.82, 2.24) is 4.98 Å². The minimum atomic E-state index is -0.798. The molecule has 0 aliphatic heterocycles. The molecule has 1 unspecified atom stereocenters. The van der Waals surface area contributed by atoms with Gasteiger partial charge in [-0.25, -0.2) is 0 Å². The number of pyridine rings is 1. The molecule has 1 aromatic heterocycles. The van der Waals surface area contributed by atoms with E-state index >= 15 is 0 Å². The SMILES string of the molecule is Cc1ccncc1CC(N)CCC(=O)O. The van der Waals surface area contributed by atoms with Crippen molar-refractivity contribution in [2.45, 2.75) is 32.2 Å². The molecule has 4 heteroatoms. The van der Waals surface area contributed by atoms with Crippen molar-refractivity contribution >= 4 is 5.97 Å². The van der Waals surface area contributed by atoms with Gasteiger partial charge in [0, 0.05) is 24.9 Å². The van der Waals surface area contributed by atoms with Crippen LogP contribution >= 0.6 is 0 Å². The van der Waals surface area contributed by atoms with Gasteiger partial charge in [-0.2, -0.15) is 0 Å². The molecule has 0 saturated heterocycles. The molecule has 1 heterocycles. The number of aryl methyl sites for hydroxylation is 1. The summed E-state index contributed by atoms with van der Waals surface area (Å²) in [5.74, 6) is -0.798. The molecule has 15 heavy (non-hydrogen) atoms. The molecule has 3 N–H and O–H groups in total. The van der Waals surface area contributed by atoms with Crippen molar-refractivity contribution in [3.63, 3.8) is 0 Å². The summed E-state index contributed by atoms with van der Waals surface area (Å²) < 4.78 is 0. The fourth-order valence-electron chi connectivity index (χ4n) is 1.40. The van der Waals surface area contributed by atoms with E-state index < -0.39 is 5.97 Å². The van der Waals surface area contributed by atoms with Gasteiger partial charge in [0.25, 0.3) is 0 Å². The first kappa shape index (κ1) is 11.7. The van der Waals surface area contributed by atoms with Gasteiger partial charge in [0.15, 0.2) is 0 Å². The second-order valence-electron chi connectivity index (χ2n) is 3.70. The maximum absolute atomic E-state index is 10.4. The molecular formula is C11H16N2O2. The third-order valence-electron chi connectivity index (χ3n) is 2.36. The van der Waals surface area contributed by atoms with Gasteiger partial charge in [0.05, 0.1) is 0 Å². The highest BCUT2D eigenvalue weighted by molar-refractivity contribution is 5.66. The predicted molar refractivity (Wildman–Crippen MR) is 57.5 cm³/mol. The molecule has 0 bridgehead atoms. The van der Waals surface area contributed by atoms with E-state index in [4.69, 9.17) is 10.8 Å². The van der Waals surface area contributed by atoms with Crippen molar-refractivity contribution in [1.29, 1.82) is 0 Å². The lowest BCUT2D eigenvalue weighted by Crippen LogP contribution is -2.24. The number of aromatic nitrogens is 1. The molecule has 0 fully saturated rings. The Kier molecular flexibility index (Phi) is 4.24. The minimum absolute atomic E-state index is 0.107. The number of carboxylic acid groups (broad SMARTS) is 1. The van der Waals surface area contributed by atoms with Crippen molar-refractivity contribution in [3.8, 4) is 0 Å². The Morgan fingerprint density at radius 2 is 2.40 bits per heavy atom. The van der Waals surface area contributed by atoms with Crippen LogP contribution in [0.1, 0.15) is 24.0 Å². The summed E-state index contributed by atoms with van der Waals surface area (Å²) in [6.07, 6.45) is 4.84. The smallest absolute Gasteiger partial charge is 0.303 e. The summed E-state index contributed by atoms with van der Waals surface area (Å²) in [7, 11) is 0. The largest absolute Gasteiger partial charge is 0.481 e. The van der Waals surface area contributed by atoms with Crippen LogP contribution in [0.2, 0.25) is 0 Å². The fraction of sp³-hybridized carbons (Fsp3) is 0.455. The topological polar surface area (TPSA) is 76.2 Å². The summed E-state index contributed by atoms with van der Waals surface area (Å²) in [5.41, 5.74) is 8.07. The lowest BCUT2D eigenvalue weighted by atomic mass is 10.0. The molecule has 1 atom stereocenters. The molecule has 0 amide bonds. The second-order valence-corrected chi connectivity index (χ2v) is 3.70. The lowest BCUT2D eigenvalue weighted by molar-refractivity contribution is -0.137. The molecule has 0 saturated carbocycles. The minimum Gasteiger partial charge on any atom is -0.481 e.